The Balaban J connectivity index is 1.51. The van der Waals surface area contributed by atoms with Crippen LogP contribution in [0.2, 0.25) is 0 Å². The van der Waals surface area contributed by atoms with Crippen molar-refractivity contribution in [3.63, 3.8) is 0 Å². The van der Waals surface area contributed by atoms with Gasteiger partial charge in [0.05, 0.1) is 11.6 Å². The molecule has 1 fully saturated rings. The highest BCUT2D eigenvalue weighted by Gasteiger charge is 2.28. The van der Waals surface area contributed by atoms with Crippen LogP contribution in [-0.4, -0.2) is 46.9 Å². The van der Waals surface area contributed by atoms with Gasteiger partial charge in [0.25, 0.3) is 5.91 Å². The maximum Gasteiger partial charge on any atom is 0.255 e. The van der Waals surface area contributed by atoms with E-state index in [0.717, 1.165) is 26.2 Å². The van der Waals surface area contributed by atoms with E-state index in [0.29, 0.717) is 5.56 Å². The van der Waals surface area contributed by atoms with Gasteiger partial charge in [0.15, 0.2) is 0 Å². The van der Waals surface area contributed by atoms with Gasteiger partial charge < -0.3 is 4.90 Å². The summed E-state index contributed by atoms with van der Waals surface area (Å²) in [5, 5.41) is 0. The van der Waals surface area contributed by atoms with Gasteiger partial charge in [-0.05, 0) is 23.3 Å². The van der Waals surface area contributed by atoms with Crippen molar-refractivity contribution < 1.29 is 4.79 Å². The summed E-state index contributed by atoms with van der Waals surface area (Å²) in [7, 11) is 0. The molecule has 3 aromatic rings. The van der Waals surface area contributed by atoms with Crippen molar-refractivity contribution in [2.24, 2.45) is 0 Å². The Kier molecular flexibility index (Phi) is 5.26. The minimum absolute atomic E-state index is 0.0683. The Bertz CT molecular complexity index is 820. The third-order valence-electron chi connectivity index (χ3n) is 5.11. The van der Waals surface area contributed by atoms with E-state index in [4.69, 9.17) is 0 Å². The molecule has 0 unspecified atom stereocenters. The van der Waals surface area contributed by atoms with E-state index >= 15 is 0 Å². The van der Waals surface area contributed by atoms with Gasteiger partial charge in [0.2, 0.25) is 0 Å². The lowest BCUT2D eigenvalue weighted by Gasteiger charge is -2.39. The van der Waals surface area contributed by atoms with Crippen LogP contribution in [-0.2, 0) is 0 Å². The standard InChI is InChI=1S/C23H23N3O/c27-23(21-12-7-13-24-18-21)26-16-14-25(15-17-26)22(19-8-3-1-4-9-19)20-10-5-2-6-11-20/h1-13,18,22H,14-17H2. The van der Waals surface area contributed by atoms with Crippen molar-refractivity contribution in [1.29, 1.82) is 0 Å². The molecule has 0 atom stereocenters. The summed E-state index contributed by atoms with van der Waals surface area (Å²) in [6, 6.07) is 25.1. The van der Waals surface area contributed by atoms with Crippen molar-refractivity contribution in [3.05, 3.63) is 102 Å². The minimum atomic E-state index is 0.0683. The molecular weight excluding hydrogens is 334 g/mol. The molecule has 2 aromatic carbocycles. The third-order valence-corrected chi connectivity index (χ3v) is 5.11. The molecule has 0 spiro atoms. The van der Waals surface area contributed by atoms with Crippen molar-refractivity contribution in [2.45, 2.75) is 6.04 Å². The number of hydrogen-bond donors (Lipinski definition) is 0. The van der Waals surface area contributed by atoms with Crippen LogP contribution < -0.4 is 0 Å². The summed E-state index contributed by atoms with van der Waals surface area (Å²) in [6.07, 6.45) is 3.34. The lowest BCUT2D eigenvalue weighted by molar-refractivity contribution is 0.0597. The lowest BCUT2D eigenvalue weighted by Crippen LogP contribution is -2.49. The number of carbonyl (C=O) groups is 1. The number of rotatable bonds is 4. The zero-order valence-electron chi connectivity index (χ0n) is 15.2. The van der Waals surface area contributed by atoms with Gasteiger partial charge in [-0.15, -0.1) is 0 Å². The Labute approximate surface area is 160 Å². The molecule has 1 aliphatic rings. The molecule has 4 heteroatoms. The van der Waals surface area contributed by atoms with Gasteiger partial charge in [0, 0.05) is 38.6 Å². The highest BCUT2D eigenvalue weighted by Crippen LogP contribution is 2.29. The van der Waals surface area contributed by atoms with Crippen LogP contribution in [0.15, 0.2) is 85.2 Å². The zero-order valence-corrected chi connectivity index (χ0v) is 15.2. The number of amides is 1. The molecule has 1 aromatic heterocycles. The Morgan fingerprint density at radius 3 is 1.89 bits per heavy atom. The van der Waals surface area contributed by atoms with Crippen LogP contribution in [0.25, 0.3) is 0 Å². The van der Waals surface area contributed by atoms with E-state index in [9.17, 15) is 4.79 Å². The molecule has 27 heavy (non-hydrogen) atoms. The fraction of sp³-hybridized carbons (Fsp3) is 0.217. The first-order chi connectivity index (χ1) is 13.3. The molecule has 136 valence electrons. The number of nitrogens with zero attached hydrogens (tertiary/aromatic N) is 3. The molecule has 0 saturated carbocycles. The van der Waals surface area contributed by atoms with Gasteiger partial charge in [-0.25, -0.2) is 0 Å². The second-order valence-electron chi connectivity index (χ2n) is 6.79. The fourth-order valence-corrected chi connectivity index (χ4v) is 3.74. The summed E-state index contributed by atoms with van der Waals surface area (Å²) in [5.41, 5.74) is 3.24. The summed E-state index contributed by atoms with van der Waals surface area (Å²) in [5.74, 6) is 0.0683. The molecular formula is C23H23N3O. The quantitative estimate of drug-likeness (QED) is 0.715. The van der Waals surface area contributed by atoms with E-state index in [1.54, 1.807) is 12.4 Å². The van der Waals surface area contributed by atoms with E-state index in [1.807, 2.05) is 17.0 Å². The predicted molar refractivity (Wildman–Crippen MR) is 106 cm³/mol. The Morgan fingerprint density at radius 2 is 1.37 bits per heavy atom. The predicted octanol–water partition coefficient (Wildman–Crippen LogP) is 3.63. The average Bonchev–Trinajstić information content (AvgIpc) is 2.76. The van der Waals surface area contributed by atoms with E-state index in [2.05, 4.69) is 70.5 Å². The topological polar surface area (TPSA) is 36.4 Å². The molecule has 0 N–H and O–H groups in total. The Morgan fingerprint density at radius 1 is 0.778 bits per heavy atom. The number of pyridine rings is 1. The molecule has 0 aliphatic carbocycles. The molecule has 1 saturated heterocycles. The maximum atomic E-state index is 12.7. The van der Waals surface area contributed by atoms with Gasteiger partial charge in [-0.3, -0.25) is 14.7 Å². The number of hydrogen-bond acceptors (Lipinski definition) is 3. The summed E-state index contributed by atoms with van der Waals surface area (Å²) in [4.78, 5) is 21.1. The van der Waals surface area contributed by atoms with Crippen LogP contribution in [0, 0.1) is 0 Å². The second-order valence-corrected chi connectivity index (χ2v) is 6.79. The highest BCUT2D eigenvalue weighted by molar-refractivity contribution is 5.93. The van der Waals surface area contributed by atoms with E-state index in [-0.39, 0.29) is 11.9 Å². The average molecular weight is 357 g/mol. The number of carbonyl (C=O) groups excluding carboxylic acids is 1. The smallest absolute Gasteiger partial charge is 0.255 e. The molecule has 0 bridgehead atoms. The van der Waals surface area contributed by atoms with Crippen LogP contribution in [0.5, 0.6) is 0 Å². The van der Waals surface area contributed by atoms with Gasteiger partial charge >= 0.3 is 0 Å². The molecule has 2 heterocycles. The van der Waals surface area contributed by atoms with Crippen molar-refractivity contribution in [1.82, 2.24) is 14.8 Å². The zero-order chi connectivity index (χ0) is 18.5. The first kappa shape index (κ1) is 17.4. The summed E-state index contributed by atoms with van der Waals surface area (Å²) < 4.78 is 0. The molecule has 1 amide bonds. The molecule has 0 radical (unpaired) electrons. The van der Waals surface area contributed by atoms with Crippen molar-refractivity contribution in [2.75, 3.05) is 26.2 Å². The van der Waals surface area contributed by atoms with Crippen molar-refractivity contribution in [3.8, 4) is 0 Å². The monoisotopic (exact) mass is 357 g/mol. The number of benzene rings is 2. The van der Waals surface area contributed by atoms with E-state index in [1.165, 1.54) is 11.1 Å². The van der Waals surface area contributed by atoms with E-state index < -0.39 is 0 Å². The van der Waals surface area contributed by atoms with Crippen LogP contribution >= 0.6 is 0 Å². The van der Waals surface area contributed by atoms with Crippen LogP contribution in [0.3, 0.4) is 0 Å². The van der Waals surface area contributed by atoms with Gasteiger partial charge in [0.1, 0.15) is 0 Å². The minimum Gasteiger partial charge on any atom is -0.336 e. The molecule has 4 rings (SSSR count). The van der Waals surface area contributed by atoms with Crippen LogP contribution in [0.4, 0.5) is 0 Å². The largest absolute Gasteiger partial charge is 0.336 e. The third kappa shape index (κ3) is 3.91. The second kappa shape index (κ2) is 8.14. The first-order valence-electron chi connectivity index (χ1n) is 9.36. The molecule has 4 nitrogen and oxygen atoms in total. The number of aromatic nitrogens is 1. The van der Waals surface area contributed by atoms with Crippen molar-refractivity contribution >= 4 is 5.91 Å². The van der Waals surface area contributed by atoms with Crippen LogP contribution in [0.1, 0.15) is 27.5 Å². The molecule has 1 aliphatic heterocycles. The SMILES string of the molecule is O=C(c1cccnc1)N1CCN(C(c2ccccc2)c2ccccc2)CC1. The van der Waals surface area contributed by atoms with Gasteiger partial charge in [-0.1, -0.05) is 60.7 Å². The fourth-order valence-electron chi connectivity index (χ4n) is 3.74. The van der Waals surface area contributed by atoms with Gasteiger partial charge in [-0.2, -0.15) is 0 Å². The lowest BCUT2D eigenvalue weighted by atomic mass is 9.96. The summed E-state index contributed by atoms with van der Waals surface area (Å²) >= 11 is 0. The first-order valence-corrected chi connectivity index (χ1v) is 9.36. The normalized spacial score (nSPS) is 15.1. The number of piperazine rings is 1. The highest BCUT2D eigenvalue weighted by atomic mass is 16.2. The maximum absolute atomic E-state index is 12.7. The Hall–Kier alpha value is -2.98. The summed E-state index contributed by atoms with van der Waals surface area (Å²) in [6.45, 7) is 3.15.